The van der Waals surface area contributed by atoms with Crippen molar-refractivity contribution in [3.63, 3.8) is 0 Å². The van der Waals surface area contributed by atoms with Crippen LogP contribution in [0.5, 0.6) is 0 Å². The van der Waals surface area contributed by atoms with Gasteiger partial charge in [0.1, 0.15) is 6.73 Å². The Bertz CT molecular complexity index is 395. The first-order valence-corrected chi connectivity index (χ1v) is 5.10. The van der Waals surface area contributed by atoms with Gasteiger partial charge in [-0.3, -0.25) is 4.90 Å². The third-order valence-electron chi connectivity index (χ3n) is 2.91. The molecule has 0 aromatic carbocycles. The molecule has 15 heavy (non-hydrogen) atoms. The lowest BCUT2D eigenvalue weighted by molar-refractivity contribution is 0.0285. The van der Waals surface area contributed by atoms with Crippen molar-refractivity contribution >= 4 is 6.03 Å². The quantitative estimate of drug-likeness (QED) is 0.642. The molecule has 1 N–H and O–H groups in total. The van der Waals surface area contributed by atoms with Crippen LogP contribution in [-0.4, -0.2) is 30.3 Å². The molecule has 0 spiro atoms. The molecule has 2 amide bonds. The molecule has 3 aliphatic rings. The maximum absolute atomic E-state index is 11.7. The Morgan fingerprint density at radius 1 is 1.47 bits per heavy atom. The topological polar surface area (TPSA) is 41.6 Å². The minimum absolute atomic E-state index is 0.0480. The molecule has 78 valence electrons. The molecule has 0 aromatic heterocycles. The number of hydrogen-bond donors (Lipinski definition) is 1. The van der Waals surface area contributed by atoms with Gasteiger partial charge in [-0.25, -0.2) is 4.79 Å². The van der Waals surface area contributed by atoms with Crippen molar-refractivity contribution in [2.24, 2.45) is 0 Å². The number of hydrogen-bond acceptors (Lipinski definition) is 2. The lowest BCUT2D eigenvalue weighted by Gasteiger charge is -2.38. The van der Waals surface area contributed by atoms with E-state index in [2.05, 4.69) is 11.4 Å². The second kappa shape index (κ2) is 3.24. The molecule has 0 radical (unpaired) electrons. The van der Waals surface area contributed by atoms with E-state index in [1.165, 1.54) is 5.57 Å². The largest absolute Gasteiger partial charge is 0.360 e. The molecule has 1 saturated heterocycles. The summed E-state index contributed by atoms with van der Waals surface area (Å²) >= 11 is 0. The molecular weight excluding hydrogens is 192 g/mol. The van der Waals surface area contributed by atoms with Gasteiger partial charge in [0.2, 0.25) is 0 Å². The zero-order valence-corrected chi connectivity index (χ0v) is 8.27. The normalized spacial score (nSPS) is 28.7. The first-order valence-electron chi connectivity index (χ1n) is 5.10. The zero-order valence-electron chi connectivity index (χ0n) is 8.27. The zero-order chi connectivity index (χ0) is 10.3. The van der Waals surface area contributed by atoms with E-state index < -0.39 is 0 Å². The first-order chi connectivity index (χ1) is 7.36. The van der Waals surface area contributed by atoms with Crippen LogP contribution in [0.15, 0.2) is 35.6 Å². The number of nitrogens with zero attached hydrogens (tertiary/aromatic N) is 1. The standard InChI is InChI=1S/C11H12N2O2/c14-11-12-9-4-2-1-3-8(9)10-5-6-15-7-13(10)11/h1-4,9H,5-7H2,(H,12,14). The predicted octanol–water partition coefficient (Wildman–Crippen LogP) is 1.14. The highest BCUT2D eigenvalue weighted by Crippen LogP contribution is 2.28. The Morgan fingerprint density at radius 3 is 3.33 bits per heavy atom. The van der Waals surface area contributed by atoms with Gasteiger partial charge < -0.3 is 10.1 Å². The van der Waals surface area contributed by atoms with Crippen LogP contribution in [0.3, 0.4) is 0 Å². The molecular formula is C11H12N2O2. The Labute approximate surface area is 87.9 Å². The van der Waals surface area contributed by atoms with Crippen molar-refractivity contribution in [2.45, 2.75) is 12.5 Å². The van der Waals surface area contributed by atoms with E-state index in [9.17, 15) is 4.79 Å². The highest BCUT2D eigenvalue weighted by atomic mass is 16.5. The van der Waals surface area contributed by atoms with E-state index in [1.54, 1.807) is 4.90 Å². The molecule has 1 unspecified atom stereocenters. The van der Waals surface area contributed by atoms with Crippen LogP contribution in [0.2, 0.25) is 0 Å². The van der Waals surface area contributed by atoms with Gasteiger partial charge >= 0.3 is 6.03 Å². The maximum Gasteiger partial charge on any atom is 0.324 e. The molecule has 1 aliphatic carbocycles. The van der Waals surface area contributed by atoms with Crippen LogP contribution in [0, 0.1) is 0 Å². The highest BCUT2D eigenvalue weighted by Gasteiger charge is 2.32. The third kappa shape index (κ3) is 1.29. The van der Waals surface area contributed by atoms with Crippen molar-refractivity contribution in [1.29, 1.82) is 0 Å². The van der Waals surface area contributed by atoms with Crippen molar-refractivity contribution in [3.05, 3.63) is 35.6 Å². The molecule has 0 aromatic rings. The predicted molar refractivity (Wildman–Crippen MR) is 54.9 cm³/mol. The van der Waals surface area contributed by atoms with Crippen LogP contribution in [0.1, 0.15) is 6.42 Å². The third-order valence-corrected chi connectivity index (χ3v) is 2.91. The molecule has 3 rings (SSSR count). The SMILES string of the molecule is O=C1NC2C=CC=CC2=C2CCOCN12. The summed E-state index contributed by atoms with van der Waals surface area (Å²) in [5.74, 6) is 0. The molecule has 2 aliphatic heterocycles. The van der Waals surface area contributed by atoms with Gasteiger partial charge in [-0.1, -0.05) is 24.3 Å². The summed E-state index contributed by atoms with van der Waals surface area (Å²) in [5, 5.41) is 2.93. The molecule has 1 atom stereocenters. The summed E-state index contributed by atoms with van der Waals surface area (Å²) in [6, 6.07) is -0.00903. The maximum atomic E-state index is 11.7. The van der Waals surface area contributed by atoms with Gasteiger partial charge in [-0.15, -0.1) is 0 Å². The number of amides is 2. The van der Waals surface area contributed by atoms with Crippen molar-refractivity contribution in [1.82, 2.24) is 10.2 Å². The van der Waals surface area contributed by atoms with Gasteiger partial charge in [0, 0.05) is 12.1 Å². The molecule has 2 heterocycles. The molecule has 1 fully saturated rings. The number of fused-ring (bicyclic) bond motifs is 2. The van der Waals surface area contributed by atoms with Crippen LogP contribution < -0.4 is 5.32 Å². The average molecular weight is 204 g/mol. The molecule has 0 bridgehead atoms. The first kappa shape index (κ1) is 8.73. The summed E-state index contributed by atoms with van der Waals surface area (Å²) in [7, 11) is 0. The second-order valence-electron chi connectivity index (χ2n) is 3.79. The number of ether oxygens (including phenoxy) is 1. The number of carbonyl (C=O) groups is 1. The van der Waals surface area contributed by atoms with Crippen LogP contribution in [0.4, 0.5) is 4.79 Å². The number of nitrogens with one attached hydrogen (secondary N) is 1. The van der Waals surface area contributed by atoms with Gasteiger partial charge in [0.25, 0.3) is 0 Å². The Kier molecular flexibility index (Phi) is 1.89. The van der Waals surface area contributed by atoms with E-state index >= 15 is 0 Å². The van der Waals surface area contributed by atoms with Gasteiger partial charge in [0.05, 0.1) is 12.6 Å². The summed E-state index contributed by atoms with van der Waals surface area (Å²) < 4.78 is 5.28. The minimum Gasteiger partial charge on any atom is -0.360 e. The van der Waals surface area contributed by atoms with Gasteiger partial charge in [-0.2, -0.15) is 0 Å². The summed E-state index contributed by atoms with van der Waals surface area (Å²) in [6.45, 7) is 1.07. The average Bonchev–Trinajstić information content (AvgIpc) is 2.30. The van der Waals surface area contributed by atoms with Gasteiger partial charge in [0.15, 0.2) is 0 Å². The van der Waals surface area contributed by atoms with E-state index in [0.29, 0.717) is 13.3 Å². The minimum atomic E-state index is -0.0570. The summed E-state index contributed by atoms with van der Waals surface area (Å²) in [4.78, 5) is 13.4. The number of urea groups is 1. The second-order valence-corrected chi connectivity index (χ2v) is 3.79. The molecule has 0 saturated carbocycles. The van der Waals surface area contributed by atoms with E-state index in [-0.39, 0.29) is 12.1 Å². The fourth-order valence-corrected chi connectivity index (χ4v) is 2.17. The highest BCUT2D eigenvalue weighted by molar-refractivity contribution is 5.80. The monoisotopic (exact) mass is 204 g/mol. The van der Waals surface area contributed by atoms with Crippen molar-refractivity contribution in [2.75, 3.05) is 13.3 Å². The molecule has 4 nitrogen and oxygen atoms in total. The van der Waals surface area contributed by atoms with Crippen LogP contribution >= 0.6 is 0 Å². The van der Waals surface area contributed by atoms with Crippen LogP contribution in [0.25, 0.3) is 0 Å². The Balaban J connectivity index is 2.06. The Hall–Kier alpha value is -1.55. The van der Waals surface area contributed by atoms with Gasteiger partial charge in [-0.05, 0) is 5.57 Å². The van der Waals surface area contributed by atoms with Crippen molar-refractivity contribution in [3.8, 4) is 0 Å². The number of allylic oxidation sites excluding steroid dienone is 2. The lowest BCUT2D eigenvalue weighted by Crippen LogP contribution is -2.52. The van der Waals surface area contributed by atoms with E-state index in [4.69, 9.17) is 4.74 Å². The number of rotatable bonds is 0. The lowest BCUT2D eigenvalue weighted by atomic mass is 9.96. The summed E-state index contributed by atoms with van der Waals surface area (Å²) in [5.41, 5.74) is 2.30. The van der Waals surface area contributed by atoms with E-state index in [0.717, 1.165) is 12.1 Å². The van der Waals surface area contributed by atoms with Crippen molar-refractivity contribution < 1.29 is 9.53 Å². The molecule has 4 heteroatoms. The fraction of sp³-hybridized carbons (Fsp3) is 0.364. The number of carbonyl (C=O) groups excluding carboxylic acids is 1. The summed E-state index contributed by atoms with van der Waals surface area (Å²) in [6.07, 6.45) is 8.86. The smallest absolute Gasteiger partial charge is 0.324 e. The van der Waals surface area contributed by atoms with E-state index in [1.807, 2.05) is 18.2 Å². The van der Waals surface area contributed by atoms with Crippen LogP contribution in [-0.2, 0) is 4.74 Å². The Morgan fingerprint density at radius 2 is 2.40 bits per heavy atom. The fourth-order valence-electron chi connectivity index (χ4n) is 2.17.